The third kappa shape index (κ3) is 3.63. The van der Waals surface area contributed by atoms with Crippen molar-refractivity contribution in [3.8, 4) is 0 Å². The van der Waals surface area contributed by atoms with Gasteiger partial charge in [0.1, 0.15) is 5.54 Å². The summed E-state index contributed by atoms with van der Waals surface area (Å²) in [6.45, 7) is 3.53. The Morgan fingerprint density at radius 2 is 2.12 bits per heavy atom. The first-order valence-corrected chi connectivity index (χ1v) is 9.58. The van der Waals surface area contributed by atoms with Gasteiger partial charge in [0, 0.05) is 32.3 Å². The van der Waals surface area contributed by atoms with E-state index in [1.165, 1.54) is 7.11 Å². The standard InChI is InChI=1S/C19H30N4O3/c1-4-13-5-7-19(8-6-13,18(25)26-3)22-17(24)16-11-20-10-15(16)14-9-21-23(2)12-14/h9,12-13,15-16,20H,4-8,10-11H2,1-3H3,(H,22,24)/t13?,15-,16+,19?/m1/s1. The Bertz CT molecular complexity index is 649. The first kappa shape index (κ1) is 18.9. The second-order valence-corrected chi connectivity index (χ2v) is 7.73. The maximum absolute atomic E-state index is 13.1. The van der Waals surface area contributed by atoms with Crippen LogP contribution in [0.2, 0.25) is 0 Å². The SMILES string of the molecule is CCC1CCC(NC(=O)[C@H]2CNC[C@@H]2c2cnn(C)c2)(C(=O)OC)CC1. The smallest absolute Gasteiger partial charge is 0.331 e. The van der Waals surface area contributed by atoms with Crippen molar-refractivity contribution in [2.45, 2.75) is 50.5 Å². The van der Waals surface area contributed by atoms with E-state index < -0.39 is 5.54 Å². The average Bonchev–Trinajstić information content (AvgIpc) is 3.30. The normalized spacial score (nSPS) is 31.6. The summed E-state index contributed by atoms with van der Waals surface area (Å²) < 4.78 is 6.81. The van der Waals surface area contributed by atoms with Crippen LogP contribution in [0.25, 0.3) is 0 Å². The number of aryl methyl sites for hydroxylation is 1. The van der Waals surface area contributed by atoms with Crippen molar-refractivity contribution in [3.63, 3.8) is 0 Å². The molecule has 2 heterocycles. The lowest BCUT2D eigenvalue weighted by molar-refractivity contribution is -0.153. The minimum atomic E-state index is -0.875. The molecule has 2 fully saturated rings. The predicted molar refractivity (Wildman–Crippen MR) is 97.4 cm³/mol. The van der Waals surface area contributed by atoms with Crippen LogP contribution in [0.5, 0.6) is 0 Å². The summed E-state index contributed by atoms with van der Waals surface area (Å²) >= 11 is 0. The van der Waals surface area contributed by atoms with Crippen molar-refractivity contribution >= 4 is 11.9 Å². The zero-order valence-electron chi connectivity index (χ0n) is 16.0. The van der Waals surface area contributed by atoms with E-state index in [2.05, 4.69) is 22.7 Å². The van der Waals surface area contributed by atoms with Gasteiger partial charge in [-0.15, -0.1) is 0 Å². The molecule has 0 radical (unpaired) electrons. The maximum Gasteiger partial charge on any atom is 0.331 e. The fourth-order valence-electron chi connectivity index (χ4n) is 4.42. The molecule has 2 aliphatic rings. The lowest BCUT2D eigenvalue weighted by atomic mass is 9.75. The van der Waals surface area contributed by atoms with Crippen molar-refractivity contribution in [1.29, 1.82) is 0 Å². The number of ether oxygens (including phenoxy) is 1. The number of nitrogens with one attached hydrogen (secondary N) is 2. The first-order valence-electron chi connectivity index (χ1n) is 9.58. The Kier molecular flexibility index (Phi) is 5.65. The van der Waals surface area contributed by atoms with Crippen molar-refractivity contribution in [1.82, 2.24) is 20.4 Å². The molecule has 1 aliphatic carbocycles. The maximum atomic E-state index is 13.1. The first-order chi connectivity index (χ1) is 12.5. The van der Waals surface area contributed by atoms with E-state index in [0.717, 1.165) is 31.4 Å². The molecule has 26 heavy (non-hydrogen) atoms. The number of carbonyl (C=O) groups excluding carboxylic acids is 2. The third-order valence-electron chi connectivity index (χ3n) is 6.18. The van der Waals surface area contributed by atoms with Gasteiger partial charge in [-0.3, -0.25) is 9.48 Å². The van der Waals surface area contributed by atoms with Gasteiger partial charge in [0.25, 0.3) is 0 Å². The number of aromatic nitrogens is 2. The molecule has 0 spiro atoms. The highest BCUT2D eigenvalue weighted by Gasteiger charge is 2.46. The summed E-state index contributed by atoms with van der Waals surface area (Å²) in [5.74, 6) is 0.115. The topological polar surface area (TPSA) is 85.3 Å². The van der Waals surface area contributed by atoms with Gasteiger partial charge in [0.15, 0.2) is 0 Å². The molecular weight excluding hydrogens is 332 g/mol. The monoisotopic (exact) mass is 362 g/mol. The van der Waals surface area contributed by atoms with Crippen LogP contribution < -0.4 is 10.6 Å². The number of esters is 1. The Labute approximate surface area is 154 Å². The quantitative estimate of drug-likeness (QED) is 0.773. The van der Waals surface area contributed by atoms with E-state index in [9.17, 15) is 9.59 Å². The van der Waals surface area contributed by atoms with Crippen LogP contribution in [0.3, 0.4) is 0 Å². The van der Waals surface area contributed by atoms with E-state index in [-0.39, 0.29) is 23.7 Å². The summed E-state index contributed by atoms with van der Waals surface area (Å²) in [4.78, 5) is 25.6. The highest BCUT2D eigenvalue weighted by atomic mass is 16.5. The van der Waals surface area contributed by atoms with Gasteiger partial charge in [-0.25, -0.2) is 4.79 Å². The molecule has 1 aromatic heterocycles. The molecule has 1 saturated heterocycles. The lowest BCUT2D eigenvalue weighted by Gasteiger charge is -2.39. The van der Waals surface area contributed by atoms with Gasteiger partial charge >= 0.3 is 5.97 Å². The van der Waals surface area contributed by atoms with E-state index in [4.69, 9.17) is 4.74 Å². The van der Waals surface area contributed by atoms with Gasteiger partial charge in [0.2, 0.25) is 5.91 Å². The largest absolute Gasteiger partial charge is 0.467 e. The van der Waals surface area contributed by atoms with E-state index in [0.29, 0.717) is 25.3 Å². The zero-order chi connectivity index (χ0) is 18.7. The number of hydrogen-bond donors (Lipinski definition) is 2. The van der Waals surface area contributed by atoms with Crippen molar-refractivity contribution in [3.05, 3.63) is 18.0 Å². The number of amides is 1. The summed E-state index contributed by atoms with van der Waals surface area (Å²) in [7, 11) is 3.27. The Balaban J connectivity index is 1.74. The second kappa shape index (κ2) is 7.78. The third-order valence-corrected chi connectivity index (χ3v) is 6.18. The van der Waals surface area contributed by atoms with E-state index >= 15 is 0 Å². The summed E-state index contributed by atoms with van der Waals surface area (Å²) in [5, 5.41) is 10.6. The Morgan fingerprint density at radius 3 is 2.69 bits per heavy atom. The van der Waals surface area contributed by atoms with Crippen LogP contribution in [0.15, 0.2) is 12.4 Å². The summed E-state index contributed by atoms with van der Waals surface area (Å²) in [6.07, 6.45) is 8.09. The van der Waals surface area contributed by atoms with Crippen LogP contribution in [0.4, 0.5) is 0 Å². The number of nitrogens with zero attached hydrogens (tertiary/aromatic N) is 2. The zero-order valence-corrected chi connectivity index (χ0v) is 16.0. The Morgan fingerprint density at radius 1 is 1.38 bits per heavy atom. The molecule has 0 unspecified atom stereocenters. The highest BCUT2D eigenvalue weighted by molar-refractivity contribution is 5.89. The van der Waals surface area contributed by atoms with Crippen molar-refractivity contribution in [2.24, 2.45) is 18.9 Å². The molecular formula is C19H30N4O3. The molecule has 1 amide bonds. The second-order valence-electron chi connectivity index (χ2n) is 7.73. The van der Waals surface area contributed by atoms with Crippen LogP contribution in [-0.2, 0) is 21.4 Å². The fraction of sp³-hybridized carbons (Fsp3) is 0.737. The number of rotatable bonds is 5. The lowest BCUT2D eigenvalue weighted by Crippen LogP contribution is -2.58. The molecule has 0 bridgehead atoms. The Hall–Kier alpha value is -1.89. The van der Waals surface area contributed by atoms with Gasteiger partial charge in [-0.2, -0.15) is 5.10 Å². The molecule has 1 aromatic rings. The highest BCUT2D eigenvalue weighted by Crippen LogP contribution is 2.36. The summed E-state index contributed by atoms with van der Waals surface area (Å²) in [5.41, 5.74) is 0.180. The molecule has 7 nitrogen and oxygen atoms in total. The average molecular weight is 362 g/mol. The summed E-state index contributed by atoms with van der Waals surface area (Å²) in [6, 6.07) is 0. The van der Waals surface area contributed by atoms with Crippen molar-refractivity contribution < 1.29 is 14.3 Å². The van der Waals surface area contributed by atoms with Gasteiger partial charge in [0.05, 0.1) is 19.2 Å². The van der Waals surface area contributed by atoms with Crippen LogP contribution in [-0.4, -0.2) is 47.4 Å². The van der Waals surface area contributed by atoms with Gasteiger partial charge < -0.3 is 15.4 Å². The molecule has 3 rings (SSSR count). The predicted octanol–water partition coefficient (Wildman–Crippen LogP) is 1.35. The molecule has 0 aromatic carbocycles. The van der Waals surface area contributed by atoms with Crippen LogP contribution in [0.1, 0.15) is 50.5 Å². The molecule has 7 heteroatoms. The molecule has 2 atom stereocenters. The van der Waals surface area contributed by atoms with Crippen molar-refractivity contribution in [2.75, 3.05) is 20.2 Å². The molecule has 1 aliphatic heterocycles. The van der Waals surface area contributed by atoms with Gasteiger partial charge in [-0.1, -0.05) is 13.3 Å². The number of carbonyl (C=O) groups is 2. The minimum Gasteiger partial charge on any atom is -0.467 e. The van der Waals surface area contributed by atoms with Gasteiger partial charge in [-0.05, 0) is 37.2 Å². The number of hydrogen-bond acceptors (Lipinski definition) is 5. The molecule has 1 saturated carbocycles. The van der Waals surface area contributed by atoms with E-state index in [1.807, 2.05) is 19.4 Å². The number of methoxy groups -OCH3 is 1. The van der Waals surface area contributed by atoms with E-state index in [1.54, 1.807) is 4.68 Å². The molecule has 2 N–H and O–H groups in total. The fourth-order valence-corrected chi connectivity index (χ4v) is 4.42. The molecule has 144 valence electrons. The van der Waals surface area contributed by atoms with Crippen LogP contribution in [0, 0.1) is 11.8 Å². The minimum absolute atomic E-state index is 0.0656. The van der Waals surface area contributed by atoms with Crippen LogP contribution >= 0.6 is 0 Å².